The molecule has 10 heteroatoms. The number of nitrogens with one attached hydrogen (secondary N) is 1. The zero-order valence-electron chi connectivity index (χ0n) is 43.5. The first-order valence-corrected chi connectivity index (χ1v) is 28.0. The normalized spacial score (nSPS) is 21.1. The van der Waals surface area contributed by atoms with Gasteiger partial charge in [0.25, 0.3) is 0 Å². The summed E-state index contributed by atoms with van der Waals surface area (Å²) in [6, 6.07) is 7.97. The summed E-state index contributed by atoms with van der Waals surface area (Å²) >= 11 is 0. The third-order valence-corrected chi connectivity index (χ3v) is 13.6. The van der Waals surface area contributed by atoms with Gasteiger partial charge in [-0.05, 0) is 63.8 Å². The van der Waals surface area contributed by atoms with Gasteiger partial charge < -0.3 is 39.2 Å². The van der Waals surface area contributed by atoms with Crippen LogP contribution < -0.4 is 5.32 Å². The average molecular weight is 954 g/mol. The van der Waals surface area contributed by atoms with Crippen LogP contribution in [0.3, 0.4) is 0 Å². The maximum atomic E-state index is 13.6. The highest BCUT2D eigenvalue weighted by molar-refractivity contribution is 5.90. The molecule has 0 unspecified atom stereocenters. The van der Waals surface area contributed by atoms with Gasteiger partial charge in [-0.2, -0.15) is 0 Å². The summed E-state index contributed by atoms with van der Waals surface area (Å²) in [6.07, 6.45) is 42.5. The van der Waals surface area contributed by atoms with Gasteiger partial charge in [0.2, 0.25) is 5.91 Å². The van der Waals surface area contributed by atoms with Crippen molar-refractivity contribution in [3.63, 3.8) is 0 Å². The molecule has 10 nitrogen and oxygen atoms in total. The predicted molar refractivity (Wildman–Crippen MR) is 276 cm³/mol. The van der Waals surface area contributed by atoms with E-state index in [1.165, 1.54) is 167 Å². The fraction of sp³-hybridized carbons (Fsp3) is 0.793. The number of unbranched alkanes of at least 4 members (excludes halogenated alkanes) is 30. The second kappa shape index (κ2) is 38.1. The Bertz CT molecular complexity index is 1450. The third kappa shape index (κ3) is 26.6. The summed E-state index contributed by atoms with van der Waals surface area (Å²) in [4.78, 5) is 27.1. The molecule has 390 valence electrons. The minimum absolute atomic E-state index is 0.157. The molecule has 2 heterocycles. The molecule has 0 aliphatic carbocycles. The first-order chi connectivity index (χ1) is 33.2. The molecule has 7 atom stereocenters. The molecule has 0 radical (unpaired) electrons. The van der Waals surface area contributed by atoms with Gasteiger partial charge >= 0.3 is 5.97 Å². The van der Waals surface area contributed by atoms with Crippen LogP contribution in [0.5, 0.6) is 0 Å². The molecule has 0 aromatic heterocycles. The quantitative estimate of drug-likeness (QED) is 0.0254. The fourth-order valence-electron chi connectivity index (χ4n) is 9.50. The van der Waals surface area contributed by atoms with E-state index < -0.39 is 54.6 Å². The number of allylic oxidation sites excluding steroid dienone is 2. The Hall–Kier alpha value is -2.60. The van der Waals surface area contributed by atoms with Crippen LogP contribution in [0.4, 0.5) is 0 Å². The second-order valence-corrected chi connectivity index (χ2v) is 20.3. The lowest BCUT2D eigenvalue weighted by Crippen LogP contribution is -2.59. The van der Waals surface area contributed by atoms with Crippen molar-refractivity contribution in [3.8, 4) is 0 Å². The number of fused-ring (bicyclic) bond motifs is 1. The number of benzene rings is 1. The first kappa shape index (κ1) is 59.7. The lowest BCUT2D eigenvalue weighted by molar-refractivity contribution is -0.284. The number of aliphatic hydroxyl groups is 2. The number of carbonyl (C=O) groups is 2. The number of aliphatic hydroxyl groups excluding tert-OH is 2. The molecule has 0 spiro atoms. The van der Waals surface area contributed by atoms with E-state index in [0.29, 0.717) is 5.56 Å². The number of carbonyl (C=O) groups excluding carboxylic acids is 2. The predicted octanol–water partition coefficient (Wildman–Crippen LogP) is 13.9. The highest BCUT2D eigenvalue weighted by Crippen LogP contribution is 2.38. The summed E-state index contributed by atoms with van der Waals surface area (Å²) in [5.74, 6) is -1.83. The van der Waals surface area contributed by atoms with Gasteiger partial charge in [-0.25, -0.2) is 4.79 Å². The van der Waals surface area contributed by atoms with Crippen molar-refractivity contribution in [1.82, 2.24) is 5.32 Å². The minimum atomic E-state index is -1.23. The Kier molecular flexibility index (Phi) is 33.5. The second-order valence-electron chi connectivity index (χ2n) is 20.3. The van der Waals surface area contributed by atoms with E-state index in [-0.39, 0.29) is 19.1 Å². The number of hydrogen-bond donors (Lipinski definition) is 3. The highest BCUT2D eigenvalue weighted by atomic mass is 16.8. The Morgan fingerprint density at radius 3 is 1.56 bits per heavy atom. The molecule has 0 saturated carbocycles. The van der Waals surface area contributed by atoms with E-state index in [0.717, 1.165) is 38.5 Å². The van der Waals surface area contributed by atoms with Gasteiger partial charge in [0.05, 0.1) is 24.8 Å². The van der Waals surface area contributed by atoms with E-state index >= 15 is 0 Å². The lowest BCUT2D eigenvalue weighted by Gasteiger charge is -2.39. The van der Waals surface area contributed by atoms with Gasteiger partial charge in [-0.3, -0.25) is 4.79 Å². The molecule has 68 heavy (non-hydrogen) atoms. The summed E-state index contributed by atoms with van der Waals surface area (Å²) in [7, 11) is 0. The van der Waals surface area contributed by atoms with Crippen molar-refractivity contribution in [2.75, 3.05) is 13.2 Å². The van der Waals surface area contributed by atoms with Crippen LogP contribution in [0.2, 0.25) is 0 Å². The van der Waals surface area contributed by atoms with Crippen molar-refractivity contribution in [1.29, 1.82) is 0 Å². The van der Waals surface area contributed by atoms with Crippen molar-refractivity contribution in [2.24, 2.45) is 0 Å². The highest BCUT2D eigenvalue weighted by Gasteiger charge is 2.55. The molecular weight excluding hydrogens is 855 g/mol. The van der Waals surface area contributed by atoms with Gasteiger partial charge in [-0.15, -0.1) is 0 Å². The van der Waals surface area contributed by atoms with Crippen LogP contribution in [-0.2, 0) is 28.5 Å². The Labute approximate surface area is 414 Å². The van der Waals surface area contributed by atoms with Crippen molar-refractivity contribution in [2.45, 2.75) is 282 Å². The van der Waals surface area contributed by atoms with Crippen LogP contribution in [-0.4, -0.2) is 83.9 Å². The van der Waals surface area contributed by atoms with Crippen LogP contribution >= 0.6 is 0 Å². The molecule has 2 aliphatic rings. The van der Waals surface area contributed by atoms with E-state index in [4.69, 9.17) is 23.7 Å². The maximum absolute atomic E-state index is 13.6. The smallest absolute Gasteiger partial charge is 0.338 e. The third-order valence-electron chi connectivity index (χ3n) is 13.6. The van der Waals surface area contributed by atoms with Gasteiger partial charge in [0.15, 0.2) is 12.1 Å². The summed E-state index contributed by atoms with van der Waals surface area (Å²) < 4.78 is 30.3. The number of ether oxygens (including phenoxy) is 5. The Morgan fingerprint density at radius 1 is 0.647 bits per heavy atom. The number of hydrogen-bond acceptors (Lipinski definition) is 9. The molecule has 1 amide bonds. The standard InChI is InChI=1S/C58H99NO9/c1-5-7-9-11-13-15-17-19-20-21-22-23-24-25-26-28-30-32-34-36-41-45-52(61)59-49(47-64-57-53(62)55-54(51(46-60)66-57)67-58(3,4)68-55)50(65-56(63)48-42-38-37-39-43-48)44-40-35-33-31-29-27-18-16-14-12-10-8-6-2/h37-45,49-51,53-55,57,60,62H,5-36,46-47H2,1-4H3,(H,59,61)/t49-,50+,51+,53+,54-,55+,57-/m0/s1. The minimum Gasteiger partial charge on any atom is -0.452 e. The van der Waals surface area contributed by atoms with Crippen LogP contribution in [0.25, 0.3) is 0 Å². The van der Waals surface area contributed by atoms with Crippen molar-refractivity contribution in [3.05, 3.63) is 60.2 Å². The molecule has 1 aromatic rings. The van der Waals surface area contributed by atoms with Crippen LogP contribution in [0, 0.1) is 0 Å². The Morgan fingerprint density at radius 2 is 1.09 bits per heavy atom. The van der Waals surface area contributed by atoms with Gasteiger partial charge in [-0.1, -0.05) is 224 Å². The van der Waals surface area contributed by atoms with Gasteiger partial charge in [0, 0.05) is 0 Å². The molecule has 3 N–H and O–H groups in total. The maximum Gasteiger partial charge on any atom is 0.338 e. The number of amides is 1. The molecule has 1 aromatic carbocycles. The van der Waals surface area contributed by atoms with E-state index in [2.05, 4.69) is 19.2 Å². The lowest BCUT2D eigenvalue weighted by atomic mass is 9.99. The topological polar surface area (TPSA) is 133 Å². The number of esters is 1. The molecule has 2 saturated heterocycles. The van der Waals surface area contributed by atoms with E-state index in [1.807, 2.05) is 24.3 Å². The van der Waals surface area contributed by atoms with Gasteiger partial charge in [0.1, 0.15) is 30.5 Å². The largest absolute Gasteiger partial charge is 0.452 e. The zero-order valence-corrected chi connectivity index (χ0v) is 43.5. The van der Waals surface area contributed by atoms with E-state index in [9.17, 15) is 19.8 Å². The Balaban J connectivity index is 1.50. The summed E-state index contributed by atoms with van der Waals surface area (Å²) in [5, 5.41) is 24.6. The monoisotopic (exact) mass is 954 g/mol. The average Bonchev–Trinajstić information content (AvgIpc) is 3.68. The molecule has 3 rings (SSSR count). The SMILES string of the molecule is CCCCCCCCCCCCCC=C[C@@H](OC(=O)c1ccccc1)[C@H](CO[C@H]1O[C@H](CO)[C@@H]2OC(C)(C)O[C@@H]2[C@H]1O)NC(=O)C=CCCCCCCCCCCCCCCCCCCCCC. The van der Waals surface area contributed by atoms with Crippen LogP contribution in [0.15, 0.2) is 54.6 Å². The van der Waals surface area contributed by atoms with Crippen molar-refractivity contribution < 1.29 is 43.5 Å². The van der Waals surface area contributed by atoms with Crippen molar-refractivity contribution >= 4 is 11.9 Å². The molecule has 2 aliphatic heterocycles. The van der Waals surface area contributed by atoms with E-state index in [1.54, 1.807) is 44.2 Å². The molecule has 0 bridgehead atoms. The summed E-state index contributed by atoms with van der Waals surface area (Å²) in [5.41, 5.74) is 0.394. The first-order valence-electron chi connectivity index (χ1n) is 28.0. The van der Waals surface area contributed by atoms with Crippen LogP contribution in [0.1, 0.15) is 244 Å². The fourth-order valence-corrected chi connectivity index (χ4v) is 9.50. The molecule has 2 fully saturated rings. The zero-order chi connectivity index (χ0) is 48.9. The summed E-state index contributed by atoms with van der Waals surface area (Å²) in [6.45, 7) is 7.51. The molecular formula is C58H99NO9. The number of rotatable bonds is 42.